The molecule has 7 heteroatoms. The van der Waals surface area contributed by atoms with Gasteiger partial charge >= 0.3 is 0 Å². The Morgan fingerprint density at radius 2 is 1.67 bits per heavy atom. The third-order valence-electron chi connectivity index (χ3n) is 3.77. The molecule has 0 saturated carbocycles. The lowest BCUT2D eigenvalue weighted by Gasteiger charge is -2.32. The summed E-state index contributed by atoms with van der Waals surface area (Å²) in [5.41, 5.74) is -1.50. The fourth-order valence-corrected chi connectivity index (χ4v) is 3.52. The van der Waals surface area contributed by atoms with Gasteiger partial charge in [-0.1, -0.05) is 48.5 Å². The normalized spacial score (nSPS) is 15.9. The minimum Gasteiger partial charge on any atom is -0.372 e. The minimum absolute atomic E-state index is 0.133. The monoisotopic (exact) mass is 347 g/mol. The van der Waals surface area contributed by atoms with Crippen LogP contribution in [0.1, 0.15) is 11.1 Å². The molecule has 0 aliphatic rings. The van der Waals surface area contributed by atoms with Crippen LogP contribution in [0.2, 0.25) is 0 Å². The summed E-state index contributed by atoms with van der Waals surface area (Å²) in [6, 6.07) is 14.8. The van der Waals surface area contributed by atoms with Crippen molar-refractivity contribution in [2.45, 2.75) is 10.5 Å². The van der Waals surface area contributed by atoms with E-state index in [-0.39, 0.29) is 10.5 Å². The number of hydrogen-bond donors (Lipinski definition) is 2. The maximum absolute atomic E-state index is 12.8. The van der Waals surface area contributed by atoms with Gasteiger partial charge in [0, 0.05) is 26.7 Å². The molecule has 0 aromatic heterocycles. The van der Waals surface area contributed by atoms with Gasteiger partial charge in [0.05, 0.1) is 4.90 Å². The third kappa shape index (κ3) is 3.06. The Balaban J connectivity index is 2.86. The van der Waals surface area contributed by atoms with E-state index in [1.165, 1.54) is 18.0 Å². The molecule has 2 aromatic rings. The molecule has 2 rings (SSSR count). The summed E-state index contributed by atoms with van der Waals surface area (Å²) in [4.78, 5) is 14.3. The molecule has 0 radical (unpaired) electrons. The zero-order valence-electron chi connectivity index (χ0n) is 13.8. The predicted octanol–water partition coefficient (Wildman–Crippen LogP) is 1.34. The van der Waals surface area contributed by atoms with Crippen molar-refractivity contribution < 1.29 is 14.1 Å². The summed E-state index contributed by atoms with van der Waals surface area (Å²) in [6.07, 6.45) is 0. The molecule has 2 atom stereocenters. The quantitative estimate of drug-likeness (QED) is 0.873. The summed E-state index contributed by atoms with van der Waals surface area (Å²) < 4.78 is 16.4. The van der Waals surface area contributed by atoms with Crippen LogP contribution >= 0.6 is 0 Å². The van der Waals surface area contributed by atoms with Crippen molar-refractivity contribution in [3.05, 3.63) is 65.7 Å². The molecule has 0 spiro atoms. The van der Waals surface area contributed by atoms with Crippen LogP contribution < -0.4 is 5.14 Å². The molecule has 0 bridgehead atoms. The van der Waals surface area contributed by atoms with Gasteiger partial charge in [-0.15, -0.1) is 0 Å². The first-order chi connectivity index (χ1) is 11.2. The molecule has 3 N–H and O–H groups in total. The molecule has 6 nitrogen and oxygen atoms in total. The van der Waals surface area contributed by atoms with Crippen LogP contribution in [-0.2, 0) is 20.3 Å². The Kier molecular flexibility index (Phi) is 5.08. The average Bonchev–Trinajstić information content (AvgIpc) is 2.61. The number of nitrogens with zero attached hydrogens (tertiary/aromatic N) is 2. The van der Waals surface area contributed by atoms with E-state index in [0.717, 1.165) is 0 Å². The minimum atomic E-state index is -3.23. The number of nitrogens with two attached hydrogens (primary N) is 1. The SMILES string of the molecule is CN=S(N)(=O)c1ccccc1C(O)(C(=O)N(C)C)c1ccccc1. The smallest absolute Gasteiger partial charge is 0.263 e. The van der Waals surface area contributed by atoms with Gasteiger partial charge in [-0.05, 0) is 11.6 Å². The molecule has 24 heavy (non-hydrogen) atoms. The third-order valence-corrected chi connectivity index (χ3v) is 5.30. The summed E-state index contributed by atoms with van der Waals surface area (Å²) in [5, 5.41) is 17.2. The molecule has 0 saturated heterocycles. The van der Waals surface area contributed by atoms with Crippen LogP contribution in [0.4, 0.5) is 0 Å². The van der Waals surface area contributed by atoms with E-state index in [9.17, 15) is 14.1 Å². The molecule has 0 fully saturated rings. The van der Waals surface area contributed by atoms with Gasteiger partial charge < -0.3 is 10.0 Å². The highest BCUT2D eigenvalue weighted by Gasteiger charge is 2.43. The molecular weight excluding hydrogens is 326 g/mol. The van der Waals surface area contributed by atoms with E-state index < -0.39 is 21.4 Å². The van der Waals surface area contributed by atoms with E-state index >= 15 is 0 Å². The number of carbonyl (C=O) groups is 1. The number of amides is 1. The molecule has 128 valence electrons. The molecule has 2 aromatic carbocycles. The number of rotatable bonds is 4. The largest absolute Gasteiger partial charge is 0.372 e. The topological polar surface area (TPSA) is 96.0 Å². The zero-order valence-corrected chi connectivity index (χ0v) is 14.7. The Morgan fingerprint density at radius 3 is 2.21 bits per heavy atom. The highest BCUT2D eigenvalue weighted by atomic mass is 32.2. The van der Waals surface area contributed by atoms with Crippen molar-refractivity contribution in [3.8, 4) is 0 Å². The number of hydrogen-bond acceptors (Lipinski definition) is 4. The summed E-state index contributed by atoms with van der Waals surface area (Å²) in [6.45, 7) is 0. The lowest BCUT2D eigenvalue weighted by atomic mass is 9.85. The molecule has 2 unspecified atom stereocenters. The van der Waals surface area contributed by atoms with Gasteiger partial charge in [0.1, 0.15) is 9.92 Å². The number of carbonyl (C=O) groups excluding carboxylic acids is 1. The highest BCUT2D eigenvalue weighted by Crippen LogP contribution is 2.35. The second kappa shape index (κ2) is 6.72. The van der Waals surface area contributed by atoms with Gasteiger partial charge in [0.2, 0.25) is 0 Å². The maximum atomic E-state index is 12.8. The second-order valence-corrected chi connectivity index (χ2v) is 7.47. The van der Waals surface area contributed by atoms with Crippen LogP contribution in [0, 0.1) is 0 Å². The summed E-state index contributed by atoms with van der Waals surface area (Å²) in [5.74, 6) is -0.563. The highest BCUT2D eigenvalue weighted by molar-refractivity contribution is 7.91. The van der Waals surface area contributed by atoms with E-state index in [1.807, 2.05) is 0 Å². The molecule has 0 aliphatic heterocycles. The summed E-state index contributed by atoms with van der Waals surface area (Å²) >= 11 is 0. The lowest BCUT2D eigenvalue weighted by Crippen LogP contribution is -2.45. The summed E-state index contributed by atoms with van der Waals surface area (Å²) in [7, 11) is 1.20. The molecular formula is C17H21N3O3S. The fourth-order valence-electron chi connectivity index (χ4n) is 2.52. The Morgan fingerprint density at radius 1 is 1.12 bits per heavy atom. The zero-order chi connectivity index (χ0) is 18.0. The number of likely N-dealkylation sites (N-methyl/N-ethyl adjacent to an activating group) is 1. The number of benzene rings is 2. The molecule has 1 amide bonds. The van der Waals surface area contributed by atoms with Crippen molar-refractivity contribution in [2.24, 2.45) is 9.50 Å². The van der Waals surface area contributed by atoms with Crippen molar-refractivity contribution in [3.63, 3.8) is 0 Å². The van der Waals surface area contributed by atoms with Crippen molar-refractivity contribution in [1.82, 2.24) is 4.90 Å². The molecule has 0 aliphatic carbocycles. The van der Waals surface area contributed by atoms with Crippen LogP contribution in [0.15, 0.2) is 63.9 Å². The van der Waals surface area contributed by atoms with Crippen molar-refractivity contribution in [2.75, 3.05) is 21.1 Å². The van der Waals surface area contributed by atoms with Crippen LogP contribution in [-0.4, -0.2) is 41.3 Å². The van der Waals surface area contributed by atoms with E-state index in [4.69, 9.17) is 5.14 Å². The maximum Gasteiger partial charge on any atom is 0.263 e. The Bertz CT molecular complexity index is 858. The first kappa shape index (κ1) is 18.1. The van der Waals surface area contributed by atoms with Gasteiger partial charge in [0.25, 0.3) is 5.91 Å². The van der Waals surface area contributed by atoms with E-state index in [0.29, 0.717) is 5.56 Å². The second-order valence-electron chi connectivity index (χ2n) is 5.52. The van der Waals surface area contributed by atoms with E-state index in [2.05, 4.69) is 4.36 Å². The van der Waals surface area contributed by atoms with E-state index in [1.54, 1.807) is 62.6 Å². The standard InChI is InChI=1S/C17H21N3O3S/c1-19-24(18,23)15-12-8-7-11-14(15)17(22,16(21)20(2)3)13-9-5-4-6-10-13/h4-12,22H,1-3H3,(H2,18,19,23). The van der Waals surface area contributed by atoms with Crippen molar-refractivity contribution >= 4 is 15.8 Å². The van der Waals surface area contributed by atoms with Crippen LogP contribution in [0.3, 0.4) is 0 Å². The van der Waals surface area contributed by atoms with Gasteiger partial charge in [-0.3, -0.25) is 4.79 Å². The lowest BCUT2D eigenvalue weighted by molar-refractivity contribution is -0.145. The van der Waals surface area contributed by atoms with Crippen molar-refractivity contribution in [1.29, 1.82) is 0 Å². The predicted molar refractivity (Wildman–Crippen MR) is 93.5 cm³/mol. The average molecular weight is 347 g/mol. The first-order valence-electron chi connectivity index (χ1n) is 7.27. The Labute approximate surface area is 142 Å². The fraction of sp³-hybridized carbons (Fsp3) is 0.235. The van der Waals surface area contributed by atoms with Crippen LogP contribution in [0.5, 0.6) is 0 Å². The van der Waals surface area contributed by atoms with Gasteiger partial charge in [-0.25, -0.2) is 13.7 Å². The Hall–Kier alpha value is -2.22. The van der Waals surface area contributed by atoms with Gasteiger partial charge in [-0.2, -0.15) is 0 Å². The van der Waals surface area contributed by atoms with Crippen LogP contribution in [0.25, 0.3) is 0 Å². The number of aliphatic hydroxyl groups is 1. The molecule has 0 heterocycles. The first-order valence-corrected chi connectivity index (χ1v) is 8.85. The van der Waals surface area contributed by atoms with Gasteiger partial charge in [0.15, 0.2) is 5.60 Å².